The van der Waals surface area contributed by atoms with Crippen LogP contribution in [0.25, 0.3) is 0 Å². The van der Waals surface area contributed by atoms with Crippen LogP contribution < -0.4 is 10.1 Å². The molecule has 0 spiro atoms. The molecule has 3 nitrogen and oxygen atoms in total. The second-order valence-corrected chi connectivity index (χ2v) is 8.95. The third-order valence-electron chi connectivity index (χ3n) is 4.75. The predicted molar refractivity (Wildman–Crippen MR) is 157 cm³/mol. The van der Waals surface area contributed by atoms with E-state index in [1.807, 2.05) is 46.9 Å². The molecule has 1 N–H and O–H groups in total. The molecule has 0 fully saturated rings. The van der Waals surface area contributed by atoms with Gasteiger partial charge < -0.3 is 14.8 Å². The van der Waals surface area contributed by atoms with Gasteiger partial charge in [0.1, 0.15) is 12.0 Å². The molecule has 0 amide bonds. The van der Waals surface area contributed by atoms with Crippen LogP contribution in [-0.2, 0) is 4.79 Å². The number of ether oxygens (including phenoxy) is 1. The van der Waals surface area contributed by atoms with E-state index in [1.54, 1.807) is 25.3 Å². The molecule has 6 heteroatoms. The molecule has 0 aromatic heterocycles. The fraction of sp³-hybridized carbons (Fsp3) is 0.700. The Kier molecular flexibility index (Phi) is 38.8. The highest BCUT2D eigenvalue weighted by atomic mass is 35.5. The number of alkyl halides is 2. The Morgan fingerprint density at radius 3 is 1.89 bits per heavy atom. The zero-order chi connectivity index (χ0) is 28.7. The van der Waals surface area contributed by atoms with Crippen LogP contribution in [0.15, 0.2) is 36.9 Å². The maximum atomic E-state index is 13.0. The molecule has 0 aliphatic carbocycles. The second-order valence-electron chi connectivity index (χ2n) is 8.51. The van der Waals surface area contributed by atoms with Gasteiger partial charge in [-0.2, -0.15) is 0 Å². The highest BCUT2D eigenvalue weighted by Crippen LogP contribution is 2.29. The van der Waals surface area contributed by atoms with Crippen molar-refractivity contribution < 1.29 is 18.3 Å². The normalized spacial score (nSPS) is 10.4. The van der Waals surface area contributed by atoms with E-state index in [0.717, 1.165) is 42.9 Å². The molecular weight excluding hydrogens is 480 g/mol. The van der Waals surface area contributed by atoms with E-state index in [-0.39, 0.29) is 18.8 Å². The monoisotopic (exact) mass is 535 g/mol. The Morgan fingerprint density at radius 2 is 1.56 bits per heavy atom. The van der Waals surface area contributed by atoms with Gasteiger partial charge in [-0.3, -0.25) is 0 Å². The first-order valence-corrected chi connectivity index (χ1v) is 13.8. The van der Waals surface area contributed by atoms with Crippen molar-refractivity contribution in [1.29, 1.82) is 0 Å². The van der Waals surface area contributed by atoms with Crippen LogP contribution in [0.4, 0.5) is 8.78 Å². The highest BCUT2D eigenvalue weighted by molar-refractivity contribution is 6.30. The number of methoxy groups -OCH3 is 1. The SMILES string of the molecule is C=CC.CCCCC.CCCCC(F)(F)CC(C)CC.CNCCCC=O.COc1ccc(Cl)cc1. The third kappa shape index (κ3) is 39.7. The summed E-state index contributed by atoms with van der Waals surface area (Å²) in [5.41, 5.74) is 0. The van der Waals surface area contributed by atoms with Gasteiger partial charge in [0.05, 0.1) is 7.11 Å². The number of hydrogen-bond donors (Lipinski definition) is 1. The number of carbonyl (C=O) groups is 1. The Hall–Kier alpha value is -1.46. The summed E-state index contributed by atoms with van der Waals surface area (Å²) in [5, 5.41) is 3.68. The Labute approximate surface area is 227 Å². The number of hydrogen-bond acceptors (Lipinski definition) is 3. The maximum absolute atomic E-state index is 13.0. The molecule has 1 rings (SSSR count). The molecule has 0 aliphatic heterocycles. The standard InChI is InChI=1S/C10H20F2.C7H7ClO.C5H11NO.C5H12.C3H6/c1-4-6-7-10(11,12)8-9(3)5-2;1-9-7-4-2-6(8)3-5-7;1-6-4-2-3-5-7;1-3-5-4-2;1-3-2/h9H,4-8H2,1-3H3;2-5H,1H3;5-6H,2-4H2,1H3;3-5H2,1-2H3;3H,1H2,2H3. The van der Waals surface area contributed by atoms with Crippen molar-refractivity contribution in [2.45, 2.75) is 112 Å². The van der Waals surface area contributed by atoms with Crippen molar-refractivity contribution >= 4 is 17.9 Å². The summed E-state index contributed by atoms with van der Waals surface area (Å²) >= 11 is 5.61. The Balaban J connectivity index is -0.000000190. The average molecular weight is 536 g/mol. The van der Waals surface area contributed by atoms with E-state index in [0.29, 0.717) is 12.8 Å². The average Bonchev–Trinajstić information content (AvgIpc) is 2.85. The minimum absolute atomic E-state index is 0.0590. The molecule has 0 saturated heterocycles. The third-order valence-corrected chi connectivity index (χ3v) is 5.00. The van der Waals surface area contributed by atoms with Crippen molar-refractivity contribution in [2.24, 2.45) is 5.92 Å². The quantitative estimate of drug-likeness (QED) is 0.155. The van der Waals surface area contributed by atoms with Gasteiger partial charge in [-0.1, -0.05) is 84.4 Å². The Bertz CT molecular complexity index is 552. The highest BCUT2D eigenvalue weighted by Gasteiger charge is 2.29. The zero-order valence-electron chi connectivity index (χ0n) is 24.5. The van der Waals surface area contributed by atoms with Crippen molar-refractivity contribution in [1.82, 2.24) is 5.32 Å². The summed E-state index contributed by atoms with van der Waals surface area (Å²) < 4.78 is 31.0. The molecule has 36 heavy (non-hydrogen) atoms. The number of aldehydes is 1. The molecule has 214 valence electrons. The van der Waals surface area contributed by atoms with E-state index < -0.39 is 5.92 Å². The summed E-state index contributed by atoms with van der Waals surface area (Å²) in [7, 11) is 3.51. The second kappa shape index (κ2) is 33.5. The molecule has 1 unspecified atom stereocenters. The number of halogens is 3. The largest absolute Gasteiger partial charge is 0.497 e. The van der Waals surface area contributed by atoms with Crippen LogP contribution in [0, 0.1) is 5.92 Å². The lowest BCUT2D eigenvalue weighted by molar-refractivity contribution is -0.107. The molecule has 1 atom stereocenters. The van der Waals surface area contributed by atoms with Gasteiger partial charge in [-0.25, -0.2) is 8.78 Å². The summed E-state index contributed by atoms with van der Waals surface area (Å²) in [4.78, 5) is 9.65. The van der Waals surface area contributed by atoms with Crippen LogP contribution in [0.1, 0.15) is 106 Å². The van der Waals surface area contributed by atoms with Gasteiger partial charge in [0.15, 0.2) is 0 Å². The van der Waals surface area contributed by atoms with E-state index >= 15 is 0 Å². The molecule has 1 aromatic rings. The first-order chi connectivity index (χ1) is 17.1. The van der Waals surface area contributed by atoms with Gasteiger partial charge in [-0.15, -0.1) is 6.58 Å². The lowest BCUT2D eigenvalue weighted by Gasteiger charge is -2.19. The molecule has 0 aliphatic rings. The number of unbranched alkanes of at least 4 members (excludes halogenated alkanes) is 4. The van der Waals surface area contributed by atoms with E-state index in [9.17, 15) is 13.6 Å². The van der Waals surface area contributed by atoms with Crippen molar-refractivity contribution in [3.8, 4) is 5.75 Å². The topological polar surface area (TPSA) is 38.3 Å². The van der Waals surface area contributed by atoms with Gasteiger partial charge in [0.25, 0.3) is 0 Å². The number of allylic oxidation sites excluding steroid dienone is 1. The van der Waals surface area contributed by atoms with E-state index in [1.165, 1.54) is 19.3 Å². The summed E-state index contributed by atoms with van der Waals surface area (Å²) in [6, 6.07) is 7.23. The first-order valence-electron chi connectivity index (χ1n) is 13.4. The van der Waals surface area contributed by atoms with Gasteiger partial charge >= 0.3 is 0 Å². The lowest BCUT2D eigenvalue weighted by atomic mass is 9.97. The van der Waals surface area contributed by atoms with Crippen LogP contribution in [0.5, 0.6) is 5.75 Å². The lowest BCUT2D eigenvalue weighted by Crippen LogP contribution is -2.19. The fourth-order valence-electron chi connectivity index (χ4n) is 2.48. The van der Waals surface area contributed by atoms with Crippen LogP contribution >= 0.6 is 11.6 Å². The van der Waals surface area contributed by atoms with E-state index in [4.69, 9.17) is 16.3 Å². The predicted octanol–water partition coefficient (Wildman–Crippen LogP) is 10.2. The summed E-state index contributed by atoms with van der Waals surface area (Å²) in [5.74, 6) is -1.44. The van der Waals surface area contributed by atoms with Crippen LogP contribution in [0.2, 0.25) is 5.02 Å². The number of nitrogens with one attached hydrogen (secondary N) is 1. The number of rotatable bonds is 13. The minimum Gasteiger partial charge on any atom is -0.497 e. The molecule has 0 heterocycles. The van der Waals surface area contributed by atoms with Crippen molar-refractivity contribution in [2.75, 3.05) is 20.7 Å². The minimum atomic E-state index is -2.43. The number of benzene rings is 1. The summed E-state index contributed by atoms with van der Waals surface area (Å²) in [6.45, 7) is 16.4. The van der Waals surface area contributed by atoms with Gasteiger partial charge in [0.2, 0.25) is 5.92 Å². The van der Waals surface area contributed by atoms with Crippen LogP contribution in [-0.4, -0.2) is 32.9 Å². The van der Waals surface area contributed by atoms with Crippen molar-refractivity contribution in [3.63, 3.8) is 0 Å². The Morgan fingerprint density at radius 1 is 1.06 bits per heavy atom. The molecule has 0 radical (unpaired) electrons. The van der Waals surface area contributed by atoms with Crippen molar-refractivity contribution in [3.05, 3.63) is 41.9 Å². The smallest absolute Gasteiger partial charge is 0.248 e. The van der Waals surface area contributed by atoms with Gasteiger partial charge in [0, 0.05) is 24.3 Å². The molecular formula is C30H56ClF2NO2. The van der Waals surface area contributed by atoms with E-state index in [2.05, 4.69) is 25.7 Å². The zero-order valence-corrected chi connectivity index (χ0v) is 25.2. The maximum Gasteiger partial charge on any atom is 0.248 e. The number of carbonyl (C=O) groups excluding carboxylic acids is 1. The fourth-order valence-corrected chi connectivity index (χ4v) is 2.60. The van der Waals surface area contributed by atoms with Gasteiger partial charge in [-0.05, 0) is 63.5 Å². The van der Waals surface area contributed by atoms with Crippen LogP contribution in [0.3, 0.4) is 0 Å². The molecule has 1 aromatic carbocycles. The molecule has 0 bridgehead atoms. The first kappa shape index (κ1) is 41.7. The summed E-state index contributed by atoms with van der Waals surface area (Å²) in [6.07, 6.45) is 10.9. The molecule has 0 saturated carbocycles.